The Kier molecular flexibility index (Phi) is 4.80. The molecule has 0 radical (unpaired) electrons. The van der Waals surface area contributed by atoms with E-state index in [1.54, 1.807) is 0 Å². The predicted molar refractivity (Wildman–Crippen MR) is 92.6 cm³/mol. The van der Waals surface area contributed by atoms with E-state index in [2.05, 4.69) is 10.6 Å². The molecule has 0 saturated heterocycles. The Morgan fingerprint density at radius 3 is 2.39 bits per heavy atom. The zero-order valence-corrected chi connectivity index (χ0v) is 14.3. The summed E-state index contributed by atoms with van der Waals surface area (Å²) in [4.78, 5) is 23.5. The van der Waals surface area contributed by atoms with Crippen molar-refractivity contribution in [1.29, 1.82) is 0 Å². The number of rotatable bonds is 5. The second kappa shape index (κ2) is 6.32. The summed E-state index contributed by atoms with van der Waals surface area (Å²) in [5, 5.41) is 6.37. The van der Waals surface area contributed by atoms with Crippen LogP contribution in [0.3, 0.4) is 0 Å². The quantitative estimate of drug-likeness (QED) is 0.819. The van der Waals surface area contributed by atoms with Crippen LogP contribution in [0.5, 0.6) is 0 Å². The highest BCUT2D eigenvalue weighted by Crippen LogP contribution is 2.25. The molecule has 2 aromatic rings. The molecule has 0 aliphatic rings. The van der Waals surface area contributed by atoms with Crippen LogP contribution >= 0.6 is 11.6 Å². The molecule has 0 saturated carbocycles. The second-order valence-electron chi connectivity index (χ2n) is 6.73. The van der Waals surface area contributed by atoms with Crippen LogP contribution in [0.4, 0.5) is 15.8 Å². The molecule has 0 heterocycles. The maximum Gasteiger partial charge on any atom is 0.253 e. The Morgan fingerprint density at radius 1 is 1.17 bits per heavy atom. The molecule has 0 aliphatic carbocycles. The molecule has 0 spiro atoms. The molecular formula is C17H20ClFN2O2. The number of halogens is 2. The molecule has 0 aliphatic heterocycles. The third-order valence-corrected chi connectivity index (χ3v) is 4.40. The van der Waals surface area contributed by atoms with E-state index in [0.29, 0.717) is 10.6 Å². The smallest absolute Gasteiger partial charge is 0.253 e. The number of benzene rings is 1. The summed E-state index contributed by atoms with van der Waals surface area (Å²) >= 11 is 6.00. The first-order valence-corrected chi connectivity index (χ1v) is 7.76. The van der Waals surface area contributed by atoms with E-state index in [1.807, 2.05) is 27.7 Å². The Hall–Kier alpha value is -1.88. The molecule has 1 atom stereocenters. The topological polar surface area (TPSA) is 58.2 Å². The lowest BCUT2D eigenvalue weighted by molar-refractivity contribution is 0.359. The van der Waals surface area contributed by atoms with Crippen LogP contribution < -0.4 is 21.5 Å². The van der Waals surface area contributed by atoms with E-state index in [0.717, 1.165) is 0 Å². The highest BCUT2D eigenvalue weighted by Gasteiger charge is 2.26. The van der Waals surface area contributed by atoms with Crippen LogP contribution in [0.25, 0.3) is 0 Å². The standard InChI is InChI=1S/C17H20ClFN2O2/c1-9(17(2,3)4)21-14-13(15(22)16(14)23)20-8-10-7-11(19)5-6-12(10)18/h5-7,9,20-21H,8H2,1-4H3. The van der Waals surface area contributed by atoms with Gasteiger partial charge in [0.2, 0.25) is 0 Å². The third-order valence-electron chi connectivity index (χ3n) is 4.03. The summed E-state index contributed by atoms with van der Waals surface area (Å²) in [6.07, 6.45) is 0. The van der Waals surface area contributed by atoms with Crippen LogP contribution in [0, 0.1) is 11.2 Å². The molecule has 4 nitrogen and oxygen atoms in total. The van der Waals surface area contributed by atoms with Crippen molar-refractivity contribution in [2.24, 2.45) is 5.41 Å². The minimum Gasteiger partial charge on any atom is -0.377 e. The summed E-state index contributed by atoms with van der Waals surface area (Å²) in [7, 11) is 0. The molecule has 0 aromatic heterocycles. The van der Waals surface area contributed by atoms with E-state index >= 15 is 0 Å². The highest BCUT2D eigenvalue weighted by molar-refractivity contribution is 6.31. The van der Waals surface area contributed by atoms with Crippen LogP contribution in [-0.4, -0.2) is 6.04 Å². The minimum absolute atomic E-state index is 0.00380. The average Bonchev–Trinajstić information content (AvgIpc) is 2.47. The van der Waals surface area contributed by atoms with Crippen molar-refractivity contribution in [2.45, 2.75) is 40.3 Å². The molecule has 0 amide bonds. The van der Waals surface area contributed by atoms with Gasteiger partial charge in [-0.1, -0.05) is 32.4 Å². The molecule has 0 bridgehead atoms. The van der Waals surface area contributed by atoms with Crippen LogP contribution in [0.2, 0.25) is 5.02 Å². The molecule has 23 heavy (non-hydrogen) atoms. The molecule has 6 heteroatoms. The molecule has 2 N–H and O–H groups in total. The zero-order valence-electron chi connectivity index (χ0n) is 13.6. The van der Waals surface area contributed by atoms with Crippen molar-refractivity contribution in [2.75, 3.05) is 10.6 Å². The summed E-state index contributed by atoms with van der Waals surface area (Å²) < 4.78 is 13.3. The summed E-state index contributed by atoms with van der Waals surface area (Å²) in [6, 6.07) is 4.02. The van der Waals surface area contributed by atoms with Crippen LogP contribution in [-0.2, 0) is 6.54 Å². The van der Waals surface area contributed by atoms with Crippen molar-refractivity contribution in [3.63, 3.8) is 0 Å². The number of hydrogen-bond donors (Lipinski definition) is 2. The molecule has 0 fully saturated rings. The minimum atomic E-state index is -0.568. The molecule has 124 valence electrons. The lowest BCUT2D eigenvalue weighted by atomic mass is 9.87. The maximum absolute atomic E-state index is 13.3. The van der Waals surface area contributed by atoms with Gasteiger partial charge in [0, 0.05) is 17.6 Å². The fourth-order valence-corrected chi connectivity index (χ4v) is 2.18. The Morgan fingerprint density at radius 2 is 1.78 bits per heavy atom. The molecule has 2 rings (SSSR count). The SMILES string of the molecule is CC(Nc1c(NCc2cc(F)ccc2Cl)c(=O)c1=O)C(C)(C)C. The van der Waals surface area contributed by atoms with E-state index in [9.17, 15) is 14.0 Å². The number of anilines is 2. The van der Waals surface area contributed by atoms with Gasteiger partial charge in [0.05, 0.1) is 0 Å². The summed E-state index contributed by atoms with van der Waals surface area (Å²) in [5.41, 5.74) is -0.135. The number of nitrogens with one attached hydrogen (secondary N) is 2. The lowest BCUT2D eigenvalue weighted by Gasteiger charge is -2.30. The van der Waals surface area contributed by atoms with Gasteiger partial charge in [0.15, 0.2) is 0 Å². The van der Waals surface area contributed by atoms with Crippen molar-refractivity contribution in [3.8, 4) is 0 Å². The van der Waals surface area contributed by atoms with Gasteiger partial charge in [-0.2, -0.15) is 0 Å². The summed E-state index contributed by atoms with van der Waals surface area (Å²) in [5.74, 6) is -0.407. The fourth-order valence-electron chi connectivity index (χ4n) is 1.99. The Bertz CT molecular complexity index is 789. The van der Waals surface area contributed by atoms with Crippen molar-refractivity contribution in [3.05, 3.63) is 55.0 Å². The van der Waals surface area contributed by atoms with Gasteiger partial charge in [-0.25, -0.2) is 4.39 Å². The highest BCUT2D eigenvalue weighted by atomic mass is 35.5. The third kappa shape index (κ3) is 3.72. The summed E-state index contributed by atoms with van der Waals surface area (Å²) in [6.45, 7) is 8.23. The first kappa shape index (κ1) is 17.5. The first-order valence-electron chi connectivity index (χ1n) is 7.39. The molecule has 2 aromatic carbocycles. The monoisotopic (exact) mass is 338 g/mol. The van der Waals surface area contributed by atoms with Gasteiger partial charge < -0.3 is 10.6 Å². The van der Waals surface area contributed by atoms with E-state index in [-0.39, 0.29) is 29.4 Å². The molecule has 1 unspecified atom stereocenters. The zero-order chi connectivity index (χ0) is 17.4. The second-order valence-corrected chi connectivity index (χ2v) is 7.14. The van der Waals surface area contributed by atoms with Gasteiger partial charge >= 0.3 is 0 Å². The normalized spacial score (nSPS) is 13.1. The Labute approximate surface area is 139 Å². The fraction of sp³-hybridized carbons (Fsp3) is 0.412. The van der Waals surface area contributed by atoms with Crippen LogP contribution in [0.15, 0.2) is 27.8 Å². The van der Waals surface area contributed by atoms with E-state index in [1.165, 1.54) is 18.2 Å². The van der Waals surface area contributed by atoms with Gasteiger partial charge in [-0.3, -0.25) is 9.59 Å². The lowest BCUT2D eigenvalue weighted by Crippen LogP contribution is -2.41. The van der Waals surface area contributed by atoms with Crippen molar-refractivity contribution >= 4 is 23.0 Å². The van der Waals surface area contributed by atoms with Gasteiger partial charge in [-0.05, 0) is 36.1 Å². The molecular weight excluding hydrogens is 319 g/mol. The first-order chi connectivity index (χ1) is 10.6. The largest absolute Gasteiger partial charge is 0.377 e. The number of hydrogen-bond acceptors (Lipinski definition) is 4. The van der Waals surface area contributed by atoms with Gasteiger partial charge in [0.1, 0.15) is 17.2 Å². The van der Waals surface area contributed by atoms with Crippen molar-refractivity contribution in [1.82, 2.24) is 0 Å². The van der Waals surface area contributed by atoms with Crippen LogP contribution in [0.1, 0.15) is 33.3 Å². The van der Waals surface area contributed by atoms with E-state index < -0.39 is 16.7 Å². The van der Waals surface area contributed by atoms with Crippen molar-refractivity contribution < 1.29 is 4.39 Å². The maximum atomic E-state index is 13.3. The van der Waals surface area contributed by atoms with Gasteiger partial charge in [0.25, 0.3) is 10.9 Å². The predicted octanol–water partition coefficient (Wildman–Crippen LogP) is 3.53. The van der Waals surface area contributed by atoms with E-state index in [4.69, 9.17) is 11.6 Å². The Balaban J connectivity index is 2.16. The average molecular weight is 339 g/mol. The van der Waals surface area contributed by atoms with Gasteiger partial charge in [-0.15, -0.1) is 0 Å².